The van der Waals surface area contributed by atoms with Gasteiger partial charge in [-0.15, -0.1) is 0 Å². The van der Waals surface area contributed by atoms with Gasteiger partial charge in [-0.1, -0.05) is 31.2 Å². The third-order valence-electron chi connectivity index (χ3n) is 1.95. The van der Waals surface area contributed by atoms with Crippen molar-refractivity contribution in [1.29, 1.82) is 0 Å². The molecule has 0 unspecified atom stereocenters. The SMILES string of the molecule is C=C(CC)CNCON(C)/N=C\C/C=C\C. The summed E-state index contributed by atoms with van der Waals surface area (Å²) < 4.78 is 0. The Kier molecular flexibility index (Phi) is 9.66. The fraction of sp³-hybridized carbons (Fsp3) is 0.583. The van der Waals surface area contributed by atoms with Gasteiger partial charge in [0, 0.05) is 19.2 Å². The van der Waals surface area contributed by atoms with E-state index in [1.165, 1.54) is 10.7 Å². The standard InChI is InChI=1S/C12H23N3O/c1-5-7-8-9-14-15(4)16-11-13-10-12(3)6-2/h5,7,9,13H,3,6,8,10-11H2,1-2,4H3/b7-5-,14-9-. The van der Waals surface area contributed by atoms with E-state index in [4.69, 9.17) is 4.84 Å². The monoisotopic (exact) mass is 225 g/mol. The number of hydroxylamine groups is 1. The molecule has 0 aromatic carbocycles. The van der Waals surface area contributed by atoms with Crippen LogP contribution in [0.4, 0.5) is 0 Å². The van der Waals surface area contributed by atoms with E-state index in [1.54, 1.807) is 13.3 Å². The highest BCUT2D eigenvalue weighted by molar-refractivity contribution is 5.58. The first-order valence-corrected chi connectivity index (χ1v) is 5.58. The molecule has 16 heavy (non-hydrogen) atoms. The van der Waals surface area contributed by atoms with E-state index in [0.717, 1.165) is 19.4 Å². The van der Waals surface area contributed by atoms with Gasteiger partial charge in [-0.2, -0.15) is 10.3 Å². The minimum absolute atomic E-state index is 0.441. The third kappa shape index (κ3) is 9.43. The van der Waals surface area contributed by atoms with E-state index >= 15 is 0 Å². The molecule has 0 rings (SSSR count). The fourth-order valence-electron chi connectivity index (χ4n) is 0.884. The number of hydrazone groups is 1. The van der Waals surface area contributed by atoms with Crippen LogP contribution in [0.15, 0.2) is 29.4 Å². The topological polar surface area (TPSA) is 36.9 Å². The van der Waals surface area contributed by atoms with Crippen LogP contribution in [0.1, 0.15) is 26.7 Å². The highest BCUT2D eigenvalue weighted by Gasteiger charge is 1.93. The lowest BCUT2D eigenvalue weighted by Gasteiger charge is -2.13. The van der Waals surface area contributed by atoms with Crippen LogP contribution >= 0.6 is 0 Å². The van der Waals surface area contributed by atoms with Crippen LogP contribution in [0.3, 0.4) is 0 Å². The van der Waals surface area contributed by atoms with Gasteiger partial charge in [0.25, 0.3) is 0 Å². The molecule has 0 spiro atoms. The van der Waals surface area contributed by atoms with Crippen molar-refractivity contribution >= 4 is 6.21 Å². The number of allylic oxidation sites excluding steroid dienone is 2. The zero-order valence-electron chi connectivity index (χ0n) is 10.6. The smallest absolute Gasteiger partial charge is 0.127 e. The van der Waals surface area contributed by atoms with Gasteiger partial charge in [0.05, 0.1) is 7.05 Å². The quantitative estimate of drug-likeness (QED) is 0.215. The second-order valence-corrected chi connectivity index (χ2v) is 3.37. The number of hydrogen-bond donors (Lipinski definition) is 1. The van der Waals surface area contributed by atoms with Gasteiger partial charge in [-0.05, 0) is 13.3 Å². The molecule has 0 saturated carbocycles. The summed E-state index contributed by atoms with van der Waals surface area (Å²) in [6.07, 6.45) is 7.63. The molecule has 0 bridgehead atoms. The van der Waals surface area contributed by atoms with Crippen LogP contribution < -0.4 is 5.32 Å². The zero-order chi connectivity index (χ0) is 12.2. The van der Waals surface area contributed by atoms with Gasteiger partial charge in [0.1, 0.15) is 6.73 Å². The summed E-state index contributed by atoms with van der Waals surface area (Å²) in [5, 5.41) is 8.64. The van der Waals surface area contributed by atoms with Crippen LogP contribution in [-0.2, 0) is 4.84 Å². The third-order valence-corrected chi connectivity index (χ3v) is 1.95. The Hall–Kier alpha value is -1.13. The molecule has 0 aliphatic rings. The minimum Gasteiger partial charge on any atom is -0.289 e. The predicted octanol–water partition coefficient (Wildman–Crippen LogP) is 2.32. The van der Waals surface area contributed by atoms with Crippen molar-refractivity contribution in [2.75, 3.05) is 20.3 Å². The first-order chi connectivity index (χ1) is 7.70. The first kappa shape index (κ1) is 14.9. The lowest BCUT2D eigenvalue weighted by molar-refractivity contribution is -0.145. The highest BCUT2D eigenvalue weighted by Crippen LogP contribution is 1.92. The molecule has 0 radical (unpaired) electrons. The van der Waals surface area contributed by atoms with Crippen molar-refractivity contribution in [3.05, 3.63) is 24.3 Å². The van der Waals surface area contributed by atoms with Crippen LogP contribution in [0, 0.1) is 0 Å². The molecule has 0 aliphatic heterocycles. The minimum atomic E-state index is 0.441. The van der Waals surface area contributed by atoms with Crippen LogP contribution in [0.5, 0.6) is 0 Å². The van der Waals surface area contributed by atoms with Gasteiger partial charge < -0.3 is 0 Å². The largest absolute Gasteiger partial charge is 0.289 e. The predicted molar refractivity (Wildman–Crippen MR) is 69.1 cm³/mol. The summed E-state index contributed by atoms with van der Waals surface area (Å²) in [4.78, 5) is 5.28. The second kappa shape index (κ2) is 10.4. The van der Waals surface area contributed by atoms with Crippen molar-refractivity contribution in [2.45, 2.75) is 26.7 Å². The van der Waals surface area contributed by atoms with Gasteiger partial charge in [-0.3, -0.25) is 5.32 Å². The van der Waals surface area contributed by atoms with Crippen molar-refractivity contribution in [1.82, 2.24) is 10.5 Å². The summed E-state index contributed by atoms with van der Waals surface area (Å²) in [6, 6.07) is 0. The maximum Gasteiger partial charge on any atom is 0.127 e. The van der Waals surface area contributed by atoms with E-state index in [9.17, 15) is 0 Å². The molecule has 4 nitrogen and oxygen atoms in total. The highest BCUT2D eigenvalue weighted by atomic mass is 16.7. The summed E-state index contributed by atoms with van der Waals surface area (Å²) in [5.74, 6) is 0. The van der Waals surface area contributed by atoms with E-state index < -0.39 is 0 Å². The van der Waals surface area contributed by atoms with Crippen molar-refractivity contribution < 1.29 is 4.84 Å². The Labute approximate surface area is 98.6 Å². The Morgan fingerprint density at radius 3 is 2.94 bits per heavy atom. The summed E-state index contributed by atoms with van der Waals surface area (Å²) in [6.45, 7) is 9.19. The maximum absolute atomic E-state index is 5.28. The molecule has 0 saturated heterocycles. The van der Waals surface area contributed by atoms with Crippen molar-refractivity contribution in [3.63, 3.8) is 0 Å². The molecule has 0 fully saturated rings. The van der Waals surface area contributed by atoms with E-state index in [2.05, 4.69) is 23.9 Å². The summed E-state index contributed by atoms with van der Waals surface area (Å²) in [5.41, 5.74) is 1.17. The average molecular weight is 225 g/mol. The van der Waals surface area contributed by atoms with Gasteiger partial charge >= 0.3 is 0 Å². The van der Waals surface area contributed by atoms with Crippen LogP contribution in [0.2, 0.25) is 0 Å². The molecule has 0 heterocycles. The normalized spacial score (nSPS) is 11.4. The molecule has 0 aromatic heterocycles. The average Bonchev–Trinajstić information content (AvgIpc) is 2.30. The van der Waals surface area contributed by atoms with Gasteiger partial charge in [0.15, 0.2) is 0 Å². The maximum atomic E-state index is 5.28. The second-order valence-electron chi connectivity index (χ2n) is 3.37. The number of nitrogens with one attached hydrogen (secondary N) is 1. The Bertz CT molecular complexity index is 236. The number of nitrogens with zero attached hydrogens (tertiary/aromatic N) is 2. The zero-order valence-corrected chi connectivity index (χ0v) is 10.6. The molecule has 92 valence electrons. The molecule has 0 aromatic rings. The van der Waals surface area contributed by atoms with Crippen LogP contribution in [0.25, 0.3) is 0 Å². The first-order valence-electron chi connectivity index (χ1n) is 5.58. The Morgan fingerprint density at radius 2 is 2.31 bits per heavy atom. The summed E-state index contributed by atoms with van der Waals surface area (Å²) in [7, 11) is 1.77. The van der Waals surface area contributed by atoms with Gasteiger partial charge in [-0.25, -0.2) is 4.84 Å². The van der Waals surface area contributed by atoms with Crippen LogP contribution in [-0.4, -0.2) is 31.7 Å². The summed E-state index contributed by atoms with van der Waals surface area (Å²) >= 11 is 0. The van der Waals surface area contributed by atoms with Crippen molar-refractivity contribution in [3.8, 4) is 0 Å². The Morgan fingerprint density at radius 1 is 1.56 bits per heavy atom. The lowest BCUT2D eigenvalue weighted by atomic mass is 10.2. The molecule has 4 heteroatoms. The molecule has 0 amide bonds. The van der Waals surface area contributed by atoms with Gasteiger partial charge in [0.2, 0.25) is 0 Å². The molecular weight excluding hydrogens is 202 g/mol. The van der Waals surface area contributed by atoms with E-state index in [1.807, 2.05) is 19.1 Å². The van der Waals surface area contributed by atoms with E-state index in [-0.39, 0.29) is 0 Å². The van der Waals surface area contributed by atoms with Crippen molar-refractivity contribution in [2.24, 2.45) is 5.10 Å². The molecule has 0 atom stereocenters. The molecule has 0 aliphatic carbocycles. The Balaban J connectivity index is 3.46. The fourth-order valence-corrected chi connectivity index (χ4v) is 0.884. The molecular formula is C12H23N3O. The van der Waals surface area contributed by atoms with E-state index in [0.29, 0.717) is 6.73 Å². The molecule has 1 N–H and O–H groups in total. The number of hydrogen-bond acceptors (Lipinski definition) is 4. The number of rotatable bonds is 9. The lowest BCUT2D eigenvalue weighted by Crippen LogP contribution is -2.25.